The second kappa shape index (κ2) is 8.32. The van der Waals surface area contributed by atoms with Crippen LogP contribution in [0.4, 0.5) is 0 Å². The Morgan fingerprint density at radius 3 is 1.89 bits per heavy atom. The SMILES string of the molecule is CCO[Si](Cc1ccccc1OC)(OCC)OCC. The number of ether oxygens (including phenoxy) is 1. The lowest BCUT2D eigenvalue weighted by atomic mass is 10.2. The molecule has 1 aromatic carbocycles. The molecule has 0 heterocycles. The molecule has 0 fully saturated rings. The number of para-hydroxylation sites is 1. The lowest BCUT2D eigenvalue weighted by molar-refractivity contribution is 0.0702. The minimum atomic E-state index is -2.66. The molecule has 0 aromatic heterocycles. The average Bonchev–Trinajstić information content (AvgIpc) is 2.40. The zero-order chi connectivity index (χ0) is 14.1. The summed E-state index contributed by atoms with van der Waals surface area (Å²) >= 11 is 0. The fourth-order valence-corrected chi connectivity index (χ4v) is 4.65. The molecule has 0 radical (unpaired) electrons. The van der Waals surface area contributed by atoms with Crippen LogP contribution in [0.3, 0.4) is 0 Å². The summed E-state index contributed by atoms with van der Waals surface area (Å²) in [6.45, 7) is 7.64. The Morgan fingerprint density at radius 2 is 1.42 bits per heavy atom. The van der Waals surface area contributed by atoms with Crippen molar-refractivity contribution >= 4 is 8.80 Å². The molecule has 1 rings (SSSR count). The van der Waals surface area contributed by atoms with E-state index in [0.29, 0.717) is 25.9 Å². The van der Waals surface area contributed by atoms with Gasteiger partial charge in [-0.1, -0.05) is 18.2 Å². The van der Waals surface area contributed by atoms with Crippen molar-refractivity contribution in [3.8, 4) is 5.75 Å². The number of hydrogen-bond donors (Lipinski definition) is 0. The molecule has 0 saturated heterocycles. The van der Waals surface area contributed by atoms with Gasteiger partial charge in [-0.05, 0) is 32.4 Å². The van der Waals surface area contributed by atoms with Crippen molar-refractivity contribution in [1.29, 1.82) is 0 Å². The topological polar surface area (TPSA) is 36.9 Å². The Bertz CT molecular complexity index is 353. The minimum Gasteiger partial charge on any atom is -0.496 e. The van der Waals surface area contributed by atoms with Gasteiger partial charge in [-0.3, -0.25) is 0 Å². The summed E-state index contributed by atoms with van der Waals surface area (Å²) in [6.07, 6.45) is 0. The molecule has 0 spiro atoms. The molecule has 0 N–H and O–H groups in total. The van der Waals surface area contributed by atoms with Gasteiger partial charge in [0, 0.05) is 25.9 Å². The van der Waals surface area contributed by atoms with Gasteiger partial charge in [-0.15, -0.1) is 0 Å². The molecule has 19 heavy (non-hydrogen) atoms. The van der Waals surface area contributed by atoms with Gasteiger partial charge in [-0.25, -0.2) is 0 Å². The van der Waals surface area contributed by atoms with Gasteiger partial charge >= 0.3 is 8.80 Å². The molecule has 4 nitrogen and oxygen atoms in total. The summed E-state index contributed by atoms with van der Waals surface area (Å²) in [5.41, 5.74) is 1.06. The molecule has 0 aliphatic heterocycles. The predicted octanol–water partition coefficient (Wildman–Crippen LogP) is 2.83. The van der Waals surface area contributed by atoms with Gasteiger partial charge in [0.05, 0.1) is 7.11 Å². The van der Waals surface area contributed by atoms with Crippen LogP contribution in [0.1, 0.15) is 26.3 Å². The molecule has 0 atom stereocenters. The van der Waals surface area contributed by atoms with Crippen LogP contribution in [0.15, 0.2) is 24.3 Å². The highest BCUT2D eigenvalue weighted by Gasteiger charge is 2.41. The van der Waals surface area contributed by atoms with Gasteiger partial charge in [-0.2, -0.15) is 0 Å². The first-order chi connectivity index (χ1) is 9.21. The molecule has 108 valence electrons. The van der Waals surface area contributed by atoms with Crippen LogP contribution in [-0.4, -0.2) is 35.7 Å². The Morgan fingerprint density at radius 1 is 0.895 bits per heavy atom. The zero-order valence-corrected chi connectivity index (χ0v) is 13.3. The van der Waals surface area contributed by atoms with E-state index in [2.05, 4.69) is 0 Å². The molecule has 0 aliphatic rings. The first-order valence-corrected chi connectivity index (χ1v) is 8.68. The highest BCUT2D eigenvalue weighted by Crippen LogP contribution is 2.24. The quantitative estimate of drug-likeness (QED) is 0.653. The van der Waals surface area contributed by atoms with Crippen molar-refractivity contribution in [3.05, 3.63) is 29.8 Å². The van der Waals surface area contributed by atoms with Crippen molar-refractivity contribution in [3.63, 3.8) is 0 Å². The maximum Gasteiger partial charge on any atom is 0.505 e. The van der Waals surface area contributed by atoms with Gasteiger partial charge in [0.25, 0.3) is 0 Å². The molecule has 0 amide bonds. The fourth-order valence-electron chi connectivity index (χ4n) is 2.02. The summed E-state index contributed by atoms with van der Waals surface area (Å²) in [5.74, 6) is 0.846. The second-order valence-electron chi connectivity index (χ2n) is 3.97. The molecule has 5 heteroatoms. The van der Waals surface area contributed by atoms with Gasteiger partial charge in [0.1, 0.15) is 5.75 Å². The summed E-state index contributed by atoms with van der Waals surface area (Å²) in [7, 11) is -0.993. The second-order valence-corrected chi connectivity index (χ2v) is 6.56. The maximum absolute atomic E-state index is 5.85. The molecule has 0 aliphatic carbocycles. The van der Waals surface area contributed by atoms with Crippen molar-refractivity contribution in [2.24, 2.45) is 0 Å². The number of rotatable bonds is 9. The summed E-state index contributed by atoms with van der Waals surface area (Å²) < 4.78 is 22.9. The maximum atomic E-state index is 5.85. The van der Waals surface area contributed by atoms with E-state index in [1.807, 2.05) is 45.0 Å². The van der Waals surface area contributed by atoms with E-state index < -0.39 is 8.80 Å². The summed E-state index contributed by atoms with van der Waals surface area (Å²) in [6, 6.07) is 8.54. The lowest BCUT2D eigenvalue weighted by Gasteiger charge is -2.29. The van der Waals surface area contributed by atoms with Crippen LogP contribution in [0, 0.1) is 0 Å². The Labute approximate surface area is 117 Å². The third kappa shape index (κ3) is 4.61. The molecule has 0 unspecified atom stereocenters. The predicted molar refractivity (Wildman–Crippen MR) is 77.3 cm³/mol. The van der Waals surface area contributed by atoms with E-state index in [1.54, 1.807) is 7.11 Å². The molecule has 0 bridgehead atoms. The normalized spacial score (nSPS) is 11.6. The monoisotopic (exact) mass is 284 g/mol. The fraction of sp³-hybridized carbons (Fsp3) is 0.571. The van der Waals surface area contributed by atoms with Gasteiger partial charge in [0.15, 0.2) is 0 Å². The number of methoxy groups -OCH3 is 1. The van der Waals surface area contributed by atoms with Crippen LogP contribution in [-0.2, 0) is 19.3 Å². The van der Waals surface area contributed by atoms with Crippen LogP contribution >= 0.6 is 0 Å². The Balaban J connectivity index is 2.97. The first kappa shape index (κ1) is 16.2. The summed E-state index contributed by atoms with van der Waals surface area (Å²) in [4.78, 5) is 0. The standard InChI is InChI=1S/C14H24O4Si/c1-5-16-19(17-6-2,18-7-3)12-13-10-8-9-11-14(13)15-4/h8-11H,5-7,12H2,1-4H3. The number of benzene rings is 1. The van der Waals surface area contributed by atoms with Crippen LogP contribution in [0.5, 0.6) is 5.75 Å². The Hall–Kier alpha value is -0.883. The number of hydrogen-bond acceptors (Lipinski definition) is 4. The summed E-state index contributed by atoms with van der Waals surface area (Å²) in [5, 5.41) is 0. The third-order valence-electron chi connectivity index (χ3n) is 2.69. The van der Waals surface area contributed by atoms with Crippen molar-refractivity contribution in [2.75, 3.05) is 26.9 Å². The van der Waals surface area contributed by atoms with Crippen LogP contribution in [0.25, 0.3) is 0 Å². The molecule has 1 aromatic rings. The van der Waals surface area contributed by atoms with Crippen molar-refractivity contribution in [1.82, 2.24) is 0 Å². The van der Waals surface area contributed by atoms with Crippen LogP contribution < -0.4 is 4.74 Å². The van der Waals surface area contributed by atoms with E-state index in [4.69, 9.17) is 18.0 Å². The largest absolute Gasteiger partial charge is 0.505 e. The minimum absolute atomic E-state index is 0.585. The lowest BCUT2D eigenvalue weighted by Crippen LogP contribution is -2.48. The van der Waals surface area contributed by atoms with Gasteiger partial charge < -0.3 is 18.0 Å². The van der Waals surface area contributed by atoms with E-state index in [9.17, 15) is 0 Å². The average molecular weight is 284 g/mol. The van der Waals surface area contributed by atoms with E-state index in [0.717, 1.165) is 11.3 Å². The zero-order valence-electron chi connectivity index (χ0n) is 12.3. The van der Waals surface area contributed by atoms with E-state index in [1.165, 1.54) is 0 Å². The van der Waals surface area contributed by atoms with E-state index in [-0.39, 0.29) is 0 Å². The van der Waals surface area contributed by atoms with Crippen molar-refractivity contribution in [2.45, 2.75) is 26.8 Å². The van der Waals surface area contributed by atoms with Gasteiger partial charge in [0.2, 0.25) is 0 Å². The van der Waals surface area contributed by atoms with Crippen molar-refractivity contribution < 1.29 is 18.0 Å². The molecular formula is C14H24O4Si. The van der Waals surface area contributed by atoms with E-state index >= 15 is 0 Å². The smallest absolute Gasteiger partial charge is 0.496 e. The highest BCUT2D eigenvalue weighted by molar-refractivity contribution is 6.60. The molecule has 0 saturated carbocycles. The first-order valence-electron chi connectivity index (χ1n) is 6.75. The highest BCUT2D eigenvalue weighted by atomic mass is 28.4. The Kier molecular flexibility index (Phi) is 7.08. The third-order valence-corrected chi connectivity index (χ3v) is 5.69. The molecular weight excluding hydrogens is 260 g/mol. The van der Waals surface area contributed by atoms with Crippen LogP contribution in [0.2, 0.25) is 0 Å².